The monoisotopic (exact) mass is 441 g/mol. The summed E-state index contributed by atoms with van der Waals surface area (Å²) in [5, 5.41) is 6.85. The number of aromatic nitrogens is 1. The summed E-state index contributed by atoms with van der Waals surface area (Å²) in [4.78, 5) is 14.6. The van der Waals surface area contributed by atoms with E-state index >= 15 is 0 Å². The third kappa shape index (κ3) is 4.80. The number of halogens is 1. The van der Waals surface area contributed by atoms with E-state index < -0.39 is 0 Å². The zero-order chi connectivity index (χ0) is 17.6. The third-order valence-electron chi connectivity index (χ3n) is 4.19. The molecule has 1 heterocycles. The van der Waals surface area contributed by atoms with Crippen molar-refractivity contribution in [2.24, 2.45) is 0 Å². The molecule has 0 aliphatic carbocycles. The SMILES string of the molecule is CCN(C)CC(C)(CNC(=O)c1cc(CI)on1)c1ccccc1. The van der Waals surface area contributed by atoms with E-state index in [1.165, 1.54) is 5.56 Å². The topological polar surface area (TPSA) is 58.4 Å². The quantitative estimate of drug-likeness (QED) is 0.505. The normalized spacial score (nSPS) is 13.7. The summed E-state index contributed by atoms with van der Waals surface area (Å²) in [5.74, 6) is 0.508. The lowest BCUT2D eigenvalue weighted by molar-refractivity contribution is 0.0930. The number of hydrogen-bond acceptors (Lipinski definition) is 4. The van der Waals surface area contributed by atoms with E-state index in [0.717, 1.165) is 13.1 Å². The molecule has 0 spiro atoms. The molecule has 0 saturated carbocycles. The van der Waals surface area contributed by atoms with Crippen LogP contribution in [0.4, 0.5) is 0 Å². The molecule has 0 radical (unpaired) electrons. The molecule has 1 aromatic heterocycles. The van der Waals surface area contributed by atoms with Crippen molar-refractivity contribution >= 4 is 28.5 Å². The van der Waals surface area contributed by atoms with Crippen LogP contribution in [-0.2, 0) is 9.84 Å². The highest BCUT2D eigenvalue weighted by Gasteiger charge is 2.29. The van der Waals surface area contributed by atoms with E-state index in [2.05, 4.69) is 71.0 Å². The molecule has 0 aliphatic rings. The summed E-state index contributed by atoms with van der Waals surface area (Å²) >= 11 is 2.18. The molecule has 130 valence electrons. The summed E-state index contributed by atoms with van der Waals surface area (Å²) in [6.45, 7) is 6.65. The second-order valence-electron chi connectivity index (χ2n) is 6.25. The van der Waals surface area contributed by atoms with Gasteiger partial charge >= 0.3 is 0 Å². The van der Waals surface area contributed by atoms with Crippen molar-refractivity contribution < 1.29 is 9.32 Å². The molecule has 1 N–H and O–H groups in total. The average Bonchev–Trinajstić information content (AvgIpc) is 3.09. The highest BCUT2D eigenvalue weighted by Crippen LogP contribution is 2.24. The fraction of sp³-hybridized carbons (Fsp3) is 0.444. The number of likely N-dealkylation sites (N-methyl/N-ethyl adjacent to an activating group) is 1. The Balaban J connectivity index is 2.12. The Kier molecular flexibility index (Phi) is 6.79. The fourth-order valence-corrected chi connectivity index (χ4v) is 3.01. The van der Waals surface area contributed by atoms with E-state index in [-0.39, 0.29) is 11.3 Å². The van der Waals surface area contributed by atoms with Crippen LogP contribution in [0.15, 0.2) is 40.9 Å². The Hall–Kier alpha value is -1.41. The molecule has 24 heavy (non-hydrogen) atoms. The van der Waals surface area contributed by atoms with Crippen molar-refractivity contribution in [3.8, 4) is 0 Å². The largest absolute Gasteiger partial charge is 0.360 e. The maximum Gasteiger partial charge on any atom is 0.273 e. The first-order valence-corrected chi connectivity index (χ1v) is 9.55. The highest BCUT2D eigenvalue weighted by atomic mass is 127. The molecule has 6 heteroatoms. The molecule has 0 saturated heterocycles. The summed E-state index contributed by atoms with van der Waals surface area (Å²) < 4.78 is 5.80. The van der Waals surface area contributed by atoms with Crippen LogP contribution < -0.4 is 5.32 Å². The molecule has 1 aromatic carbocycles. The molecule has 2 rings (SSSR count). The number of carbonyl (C=O) groups excluding carboxylic acids is 1. The van der Waals surface area contributed by atoms with Crippen molar-refractivity contribution in [2.45, 2.75) is 23.7 Å². The van der Waals surface area contributed by atoms with Crippen LogP contribution in [0, 0.1) is 0 Å². The number of amides is 1. The fourth-order valence-electron chi connectivity index (χ4n) is 2.65. The first kappa shape index (κ1) is 18.9. The Morgan fingerprint density at radius 1 is 1.38 bits per heavy atom. The van der Waals surface area contributed by atoms with Gasteiger partial charge in [-0.1, -0.05) is 71.9 Å². The number of carbonyl (C=O) groups is 1. The van der Waals surface area contributed by atoms with Gasteiger partial charge in [0.1, 0.15) is 5.76 Å². The van der Waals surface area contributed by atoms with Gasteiger partial charge in [-0.05, 0) is 19.2 Å². The number of hydrogen-bond donors (Lipinski definition) is 1. The molecule has 5 nitrogen and oxygen atoms in total. The number of alkyl halides is 1. The molecule has 1 unspecified atom stereocenters. The summed E-state index contributed by atoms with van der Waals surface area (Å²) in [6.07, 6.45) is 0. The van der Waals surface area contributed by atoms with E-state index in [9.17, 15) is 4.79 Å². The second kappa shape index (κ2) is 8.62. The molecule has 1 atom stereocenters. The Morgan fingerprint density at radius 2 is 2.08 bits per heavy atom. The van der Waals surface area contributed by atoms with Gasteiger partial charge in [0.15, 0.2) is 5.69 Å². The maximum atomic E-state index is 12.4. The van der Waals surface area contributed by atoms with Crippen LogP contribution in [-0.4, -0.2) is 42.6 Å². The smallest absolute Gasteiger partial charge is 0.273 e. The molecule has 0 bridgehead atoms. The Morgan fingerprint density at radius 3 is 2.67 bits per heavy atom. The van der Waals surface area contributed by atoms with Gasteiger partial charge in [-0.3, -0.25) is 4.79 Å². The Bertz CT molecular complexity index is 659. The van der Waals surface area contributed by atoms with E-state index in [1.807, 2.05) is 18.2 Å². The van der Waals surface area contributed by atoms with Gasteiger partial charge in [-0.25, -0.2) is 0 Å². The van der Waals surface area contributed by atoms with Crippen molar-refractivity contribution in [1.82, 2.24) is 15.4 Å². The van der Waals surface area contributed by atoms with E-state index in [4.69, 9.17) is 4.52 Å². The van der Waals surface area contributed by atoms with Crippen molar-refractivity contribution in [1.29, 1.82) is 0 Å². The van der Waals surface area contributed by atoms with Gasteiger partial charge in [0.25, 0.3) is 5.91 Å². The minimum atomic E-state index is -0.198. The van der Waals surface area contributed by atoms with Crippen LogP contribution >= 0.6 is 22.6 Å². The predicted octanol–water partition coefficient (Wildman–Crippen LogP) is 3.25. The molecular weight excluding hydrogens is 417 g/mol. The van der Waals surface area contributed by atoms with Gasteiger partial charge < -0.3 is 14.7 Å². The third-order valence-corrected chi connectivity index (χ3v) is 4.94. The van der Waals surface area contributed by atoms with Gasteiger partial charge in [-0.15, -0.1) is 0 Å². The van der Waals surface area contributed by atoms with Gasteiger partial charge in [-0.2, -0.15) is 0 Å². The van der Waals surface area contributed by atoms with Crippen molar-refractivity contribution in [3.05, 3.63) is 53.4 Å². The minimum absolute atomic E-state index is 0.183. The Labute approximate surface area is 156 Å². The molecule has 2 aromatic rings. The first-order valence-electron chi connectivity index (χ1n) is 8.02. The van der Waals surface area contributed by atoms with Crippen LogP contribution in [0.2, 0.25) is 0 Å². The standard InChI is InChI=1S/C18H24IN3O2/c1-4-22(3)13-18(2,14-8-6-5-7-9-14)12-20-17(23)16-10-15(11-19)24-21-16/h5-10H,4,11-13H2,1-3H3,(H,20,23). The van der Waals surface area contributed by atoms with E-state index in [1.54, 1.807) is 6.07 Å². The van der Waals surface area contributed by atoms with Crippen LogP contribution in [0.1, 0.15) is 35.7 Å². The van der Waals surface area contributed by atoms with Crippen molar-refractivity contribution in [2.75, 3.05) is 26.7 Å². The van der Waals surface area contributed by atoms with Gasteiger partial charge in [0, 0.05) is 24.6 Å². The maximum absolute atomic E-state index is 12.4. The molecule has 0 fully saturated rings. The lowest BCUT2D eigenvalue weighted by Gasteiger charge is -2.34. The molecular formula is C18H24IN3O2. The van der Waals surface area contributed by atoms with Gasteiger partial charge in [0.2, 0.25) is 0 Å². The number of rotatable bonds is 8. The minimum Gasteiger partial charge on any atom is -0.360 e. The summed E-state index contributed by atoms with van der Waals surface area (Å²) in [6, 6.07) is 12.0. The average molecular weight is 441 g/mol. The zero-order valence-corrected chi connectivity index (χ0v) is 16.5. The number of nitrogens with zero attached hydrogens (tertiary/aromatic N) is 2. The van der Waals surface area contributed by atoms with Crippen LogP contribution in [0.5, 0.6) is 0 Å². The summed E-state index contributed by atoms with van der Waals surface area (Å²) in [5.41, 5.74) is 1.36. The van der Waals surface area contributed by atoms with Crippen LogP contribution in [0.25, 0.3) is 0 Å². The van der Waals surface area contributed by atoms with Crippen LogP contribution in [0.3, 0.4) is 0 Å². The van der Waals surface area contributed by atoms with E-state index in [0.29, 0.717) is 22.4 Å². The molecule has 1 amide bonds. The first-order chi connectivity index (χ1) is 11.5. The van der Waals surface area contributed by atoms with Crippen molar-refractivity contribution in [3.63, 3.8) is 0 Å². The molecule has 0 aliphatic heterocycles. The number of benzene rings is 1. The second-order valence-corrected chi connectivity index (χ2v) is 7.01. The number of nitrogens with one attached hydrogen (secondary N) is 1. The summed E-state index contributed by atoms with van der Waals surface area (Å²) in [7, 11) is 2.09. The predicted molar refractivity (Wildman–Crippen MR) is 104 cm³/mol. The lowest BCUT2D eigenvalue weighted by Crippen LogP contribution is -2.46. The lowest BCUT2D eigenvalue weighted by atomic mass is 9.81. The zero-order valence-electron chi connectivity index (χ0n) is 14.4. The van der Waals surface area contributed by atoms with Gasteiger partial charge in [0.05, 0.1) is 4.43 Å². The highest BCUT2D eigenvalue weighted by molar-refractivity contribution is 14.1.